The normalized spacial score (nSPS) is 15.9. The van der Waals surface area contributed by atoms with Gasteiger partial charge < -0.3 is 5.73 Å². The van der Waals surface area contributed by atoms with Crippen LogP contribution in [0.1, 0.15) is 28.8 Å². The first-order valence-electron chi connectivity index (χ1n) is 6.39. The van der Waals surface area contributed by atoms with E-state index in [0.717, 1.165) is 18.4 Å². The van der Waals surface area contributed by atoms with Crippen LogP contribution in [0.3, 0.4) is 0 Å². The van der Waals surface area contributed by atoms with Crippen LogP contribution in [0.5, 0.6) is 0 Å². The van der Waals surface area contributed by atoms with Crippen molar-refractivity contribution in [3.63, 3.8) is 0 Å². The molecule has 1 aliphatic rings. The maximum Gasteiger partial charge on any atom is 0.176 e. The number of carbonyl (C=O) groups is 1. The van der Waals surface area contributed by atoms with Crippen molar-refractivity contribution in [1.29, 1.82) is 0 Å². The van der Waals surface area contributed by atoms with Gasteiger partial charge in [-0.3, -0.25) is 4.79 Å². The number of rotatable bonds is 3. The third kappa shape index (κ3) is 2.04. The zero-order valence-electron chi connectivity index (χ0n) is 10.7. The fourth-order valence-corrected chi connectivity index (χ4v) is 2.88. The van der Waals surface area contributed by atoms with E-state index in [1.807, 2.05) is 12.1 Å². The summed E-state index contributed by atoms with van der Waals surface area (Å²) in [6.07, 6.45) is 1.50. The van der Waals surface area contributed by atoms with E-state index >= 15 is 0 Å². The van der Waals surface area contributed by atoms with Crippen LogP contribution < -0.4 is 5.73 Å². The number of anilines is 1. The summed E-state index contributed by atoms with van der Waals surface area (Å²) in [5.41, 5.74) is 6.81. The Hall–Kier alpha value is -1.68. The molecule has 2 nitrogen and oxygen atoms in total. The van der Waals surface area contributed by atoms with Crippen LogP contribution in [-0.2, 0) is 5.41 Å². The summed E-state index contributed by atoms with van der Waals surface area (Å²) < 4.78 is 14.4. The molecule has 0 aromatic heterocycles. The van der Waals surface area contributed by atoms with Crippen molar-refractivity contribution < 1.29 is 9.18 Å². The number of nitrogen functional groups attached to an aromatic ring is 1. The SMILES string of the molecule is Nc1ccc(C2(C(=O)c3cccc(Br)c3F)CC2)cc1. The Balaban J connectivity index is 2.02. The van der Waals surface area contributed by atoms with Crippen molar-refractivity contribution in [2.75, 3.05) is 5.73 Å². The lowest BCUT2D eigenvalue weighted by molar-refractivity contribution is 0.0942. The second-order valence-electron chi connectivity index (χ2n) is 5.13. The molecule has 0 unspecified atom stereocenters. The van der Waals surface area contributed by atoms with Crippen molar-refractivity contribution in [3.8, 4) is 0 Å². The van der Waals surface area contributed by atoms with E-state index in [4.69, 9.17) is 5.73 Å². The molecule has 2 N–H and O–H groups in total. The molecule has 0 saturated heterocycles. The summed E-state index contributed by atoms with van der Waals surface area (Å²) >= 11 is 3.12. The Morgan fingerprint density at radius 2 is 1.80 bits per heavy atom. The van der Waals surface area contributed by atoms with E-state index < -0.39 is 11.2 Å². The lowest BCUT2D eigenvalue weighted by Gasteiger charge is -2.15. The van der Waals surface area contributed by atoms with Crippen LogP contribution in [0.2, 0.25) is 0 Å². The highest BCUT2D eigenvalue weighted by molar-refractivity contribution is 9.10. The van der Waals surface area contributed by atoms with Crippen LogP contribution in [-0.4, -0.2) is 5.78 Å². The number of halogens is 2. The highest BCUT2D eigenvalue weighted by Crippen LogP contribution is 2.51. The summed E-state index contributed by atoms with van der Waals surface area (Å²) in [6, 6.07) is 12.1. The largest absolute Gasteiger partial charge is 0.399 e. The molecule has 0 bridgehead atoms. The third-order valence-corrected chi connectivity index (χ3v) is 4.46. The predicted octanol–water partition coefficient (Wildman–Crippen LogP) is 4.08. The lowest BCUT2D eigenvalue weighted by atomic mass is 9.87. The number of hydrogen-bond acceptors (Lipinski definition) is 2. The number of nitrogens with two attached hydrogens (primary N) is 1. The summed E-state index contributed by atoms with van der Waals surface area (Å²) in [6.45, 7) is 0. The monoisotopic (exact) mass is 333 g/mol. The number of carbonyl (C=O) groups excluding carboxylic acids is 1. The first-order valence-corrected chi connectivity index (χ1v) is 7.19. The fourth-order valence-electron chi connectivity index (χ4n) is 2.51. The van der Waals surface area contributed by atoms with Crippen molar-refractivity contribution in [2.45, 2.75) is 18.3 Å². The van der Waals surface area contributed by atoms with Gasteiger partial charge in [-0.2, -0.15) is 0 Å². The Kier molecular flexibility index (Phi) is 3.13. The topological polar surface area (TPSA) is 43.1 Å². The molecule has 0 amide bonds. The molecular formula is C16H13BrFNO. The van der Waals surface area contributed by atoms with E-state index in [1.54, 1.807) is 30.3 Å². The lowest BCUT2D eigenvalue weighted by Crippen LogP contribution is -2.22. The first kappa shape index (κ1) is 13.3. The number of Topliss-reactive ketones (excluding diaryl/α,β-unsaturated/α-hetero) is 1. The Morgan fingerprint density at radius 3 is 2.40 bits per heavy atom. The summed E-state index contributed by atoms with van der Waals surface area (Å²) in [7, 11) is 0. The Labute approximate surface area is 124 Å². The van der Waals surface area contributed by atoms with Crippen molar-refractivity contribution in [3.05, 3.63) is 63.9 Å². The molecule has 0 spiro atoms. The average Bonchev–Trinajstić information content (AvgIpc) is 3.23. The zero-order chi connectivity index (χ0) is 14.3. The predicted molar refractivity (Wildman–Crippen MR) is 80.2 cm³/mol. The number of ketones is 1. The second kappa shape index (κ2) is 4.70. The first-order chi connectivity index (χ1) is 9.54. The maximum atomic E-state index is 14.1. The van der Waals surface area contributed by atoms with Gasteiger partial charge in [-0.1, -0.05) is 18.2 Å². The van der Waals surface area contributed by atoms with Gasteiger partial charge in [0.1, 0.15) is 5.82 Å². The number of hydrogen-bond donors (Lipinski definition) is 1. The van der Waals surface area contributed by atoms with Gasteiger partial charge in [0, 0.05) is 5.69 Å². The van der Waals surface area contributed by atoms with Crippen LogP contribution in [0.15, 0.2) is 46.9 Å². The van der Waals surface area contributed by atoms with Crippen molar-refractivity contribution >= 4 is 27.4 Å². The zero-order valence-corrected chi connectivity index (χ0v) is 12.3. The van der Waals surface area contributed by atoms with Gasteiger partial charge >= 0.3 is 0 Å². The summed E-state index contributed by atoms with van der Waals surface area (Å²) in [5, 5.41) is 0. The molecule has 102 valence electrons. The number of benzene rings is 2. The van der Waals surface area contributed by atoms with Gasteiger partial charge in [-0.15, -0.1) is 0 Å². The fraction of sp³-hybridized carbons (Fsp3) is 0.188. The molecule has 2 aromatic rings. The minimum Gasteiger partial charge on any atom is -0.399 e. The Morgan fingerprint density at radius 1 is 1.15 bits per heavy atom. The molecule has 0 aliphatic heterocycles. The third-order valence-electron chi connectivity index (χ3n) is 3.84. The van der Waals surface area contributed by atoms with Crippen molar-refractivity contribution in [2.24, 2.45) is 0 Å². The minimum atomic E-state index is -0.574. The minimum absolute atomic E-state index is 0.147. The van der Waals surface area contributed by atoms with E-state index in [2.05, 4.69) is 15.9 Å². The molecule has 0 radical (unpaired) electrons. The quantitative estimate of drug-likeness (QED) is 0.679. The molecule has 0 atom stereocenters. The van der Waals surface area contributed by atoms with E-state index in [-0.39, 0.29) is 11.3 Å². The molecule has 1 saturated carbocycles. The maximum absolute atomic E-state index is 14.1. The standard InChI is InChI=1S/C16H13BrFNO/c17-13-3-1-2-12(14(13)18)15(20)16(8-9-16)10-4-6-11(19)7-5-10/h1-7H,8-9,19H2. The molecule has 2 aromatic carbocycles. The molecular weight excluding hydrogens is 321 g/mol. The molecule has 1 aliphatic carbocycles. The van der Waals surface area contributed by atoms with Gasteiger partial charge in [-0.25, -0.2) is 4.39 Å². The summed E-state index contributed by atoms with van der Waals surface area (Å²) in [4.78, 5) is 12.7. The Bertz CT molecular complexity index is 677. The van der Waals surface area contributed by atoms with Crippen LogP contribution in [0.25, 0.3) is 0 Å². The molecule has 3 rings (SSSR count). The van der Waals surface area contributed by atoms with Gasteiger partial charge in [-0.05, 0) is 58.6 Å². The molecule has 20 heavy (non-hydrogen) atoms. The van der Waals surface area contributed by atoms with Crippen molar-refractivity contribution in [1.82, 2.24) is 0 Å². The second-order valence-corrected chi connectivity index (χ2v) is 5.99. The van der Waals surface area contributed by atoms with Gasteiger partial charge in [0.05, 0.1) is 15.5 Å². The van der Waals surface area contributed by atoms with E-state index in [9.17, 15) is 9.18 Å². The highest BCUT2D eigenvalue weighted by atomic mass is 79.9. The molecule has 4 heteroatoms. The van der Waals surface area contributed by atoms with E-state index in [0.29, 0.717) is 10.2 Å². The van der Waals surface area contributed by atoms with Crippen LogP contribution in [0.4, 0.5) is 10.1 Å². The smallest absolute Gasteiger partial charge is 0.176 e. The van der Waals surface area contributed by atoms with Gasteiger partial charge in [0.2, 0.25) is 0 Å². The van der Waals surface area contributed by atoms with Gasteiger partial charge in [0.25, 0.3) is 0 Å². The van der Waals surface area contributed by atoms with Crippen LogP contribution >= 0.6 is 15.9 Å². The highest BCUT2D eigenvalue weighted by Gasteiger charge is 2.51. The molecule has 1 fully saturated rings. The average molecular weight is 334 g/mol. The summed E-state index contributed by atoms with van der Waals surface area (Å²) in [5.74, 6) is -0.639. The van der Waals surface area contributed by atoms with Gasteiger partial charge in [0.15, 0.2) is 5.78 Å². The van der Waals surface area contributed by atoms with Crippen LogP contribution in [0, 0.1) is 5.82 Å². The molecule has 0 heterocycles. The van der Waals surface area contributed by atoms with E-state index in [1.165, 1.54) is 0 Å².